The van der Waals surface area contributed by atoms with Crippen molar-refractivity contribution in [2.75, 3.05) is 5.32 Å². The summed E-state index contributed by atoms with van der Waals surface area (Å²) in [6, 6.07) is 10.2. The maximum atomic E-state index is 11.1. The van der Waals surface area contributed by atoms with E-state index in [4.69, 9.17) is 5.11 Å². The summed E-state index contributed by atoms with van der Waals surface area (Å²) >= 11 is 0. The van der Waals surface area contributed by atoms with Gasteiger partial charge in [-0.25, -0.2) is 0 Å². The number of hydrogen-bond acceptors (Lipinski definition) is 3. The van der Waals surface area contributed by atoms with Crippen LogP contribution >= 0.6 is 0 Å². The molecule has 0 amide bonds. The molecule has 0 aliphatic heterocycles. The molecule has 1 fully saturated rings. The van der Waals surface area contributed by atoms with Gasteiger partial charge in [-0.2, -0.15) is 0 Å². The lowest BCUT2D eigenvalue weighted by Gasteiger charge is -2.28. The number of nitrogens with zero attached hydrogens (tertiary/aromatic N) is 1. The molecule has 1 aromatic carbocycles. The fourth-order valence-electron chi connectivity index (χ4n) is 2.99. The van der Waals surface area contributed by atoms with Crippen LogP contribution in [0.15, 0.2) is 36.5 Å². The highest BCUT2D eigenvalue weighted by molar-refractivity contribution is 5.90. The SMILES string of the molecule is O=C(O)C1CCCC(Nc2cccc3cccnc23)C1. The van der Waals surface area contributed by atoms with Crippen molar-refractivity contribution in [1.29, 1.82) is 0 Å². The molecule has 0 saturated heterocycles. The van der Waals surface area contributed by atoms with Gasteiger partial charge in [-0.05, 0) is 31.4 Å². The standard InChI is InChI=1S/C16H18N2O2/c19-16(20)12-5-1-7-13(10-12)18-14-8-2-4-11-6-3-9-17-15(11)14/h2-4,6,8-9,12-13,18H,1,5,7,10H2,(H,19,20). The van der Waals surface area contributed by atoms with Gasteiger partial charge in [0.15, 0.2) is 0 Å². The third-order valence-corrected chi connectivity index (χ3v) is 4.02. The molecule has 1 heterocycles. The van der Waals surface area contributed by atoms with Crippen LogP contribution < -0.4 is 5.32 Å². The lowest BCUT2D eigenvalue weighted by Crippen LogP contribution is -2.31. The highest BCUT2D eigenvalue weighted by atomic mass is 16.4. The van der Waals surface area contributed by atoms with E-state index in [1.165, 1.54) is 0 Å². The molecule has 2 atom stereocenters. The van der Waals surface area contributed by atoms with Crippen molar-refractivity contribution in [3.63, 3.8) is 0 Å². The zero-order valence-electron chi connectivity index (χ0n) is 11.2. The quantitative estimate of drug-likeness (QED) is 0.898. The summed E-state index contributed by atoms with van der Waals surface area (Å²) in [5.74, 6) is -0.892. The Labute approximate surface area is 117 Å². The van der Waals surface area contributed by atoms with Crippen LogP contribution in [-0.4, -0.2) is 22.1 Å². The Morgan fingerprint density at radius 1 is 1.25 bits per heavy atom. The number of carboxylic acid groups (broad SMARTS) is 1. The zero-order valence-corrected chi connectivity index (χ0v) is 11.2. The average Bonchev–Trinajstić information content (AvgIpc) is 2.48. The Bertz CT molecular complexity index is 621. The molecule has 1 aliphatic carbocycles. The van der Waals surface area contributed by atoms with Gasteiger partial charge in [-0.1, -0.05) is 24.6 Å². The van der Waals surface area contributed by atoms with Gasteiger partial charge >= 0.3 is 5.97 Å². The number of hydrogen-bond donors (Lipinski definition) is 2. The lowest BCUT2D eigenvalue weighted by atomic mass is 9.85. The van der Waals surface area contributed by atoms with Crippen LogP contribution in [0, 0.1) is 5.92 Å². The van der Waals surface area contributed by atoms with Crippen molar-refractivity contribution in [3.8, 4) is 0 Å². The molecule has 2 unspecified atom stereocenters. The predicted octanol–water partition coefficient (Wildman–Crippen LogP) is 3.29. The number of aliphatic carboxylic acids is 1. The third-order valence-electron chi connectivity index (χ3n) is 4.02. The summed E-state index contributed by atoms with van der Waals surface area (Å²) in [4.78, 5) is 15.5. The number of anilines is 1. The van der Waals surface area contributed by atoms with Crippen LogP contribution in [0.1, 0.15) is 25.7 Å². The maximum absolute atomic E-state index is 11.1. The van der Waals surface area contributed by atoms with Crippen LogP contribution in [0.3, 0.4) is 0 Å². The van der Waals surface area contributed by atoms with E-state index in [1.807, 2.05) is 30.3 Å². The highest BCUT2D eigenvalue weighted by Crippen LogP contribution is 2.29. The first-order valence-corrected chi connectivity index (χ1v) is 7.07. The van der Waals surface area contributed by atoms with Gasteiger partial charge in [0, 0.05) is 17.6 Å². The minimum atomic E-state index is -0.674. The molecule has 4 heteroatoms. The summed E-state index contributed by atoms with van der Waals surface area (Å²) < 4.78 is 0. The first kappa shape index (κ1) is 12.9. The van der Waals surface area contributed by atoms with E-state index in [2.05, 4.69) is 10.3 Å². The highest BCUT2D eigenvalue weighted by Gasteiger charge is 2.27. The minimum Gasteiger partial charge on any atom is -0.481 e. The number of aromatic nitrogens is 1. The van der Waals surface area contributed by atoms with Crippen LogP contribution in [0.2, 0.25) is 0 Å². The number of carbonyl (C=O) groups is 1. The Kier molecular flexibility index (Phi) is 3.54. The molecule has 0 radical (unpaired) electrons. The normalized spacial score (nSPS) is 22.6. The van der Waals surface area contributed by atoms with Crippen molar-refractivity contribution in [3.05, 3.63) is 36.5 Å². The second kappa shape index (κ2) is 5.49. The van der Waals surface area contributed by atoms with Crippen molar-refractivity contribution >= 4 is 22.6 Å². The molecule has 0 bridgehead atoms. The van der Waals surface area contributed by atoms with E-state index in [0.29, 0.717) is 6.42 Å². The van der Waals surface area contributed by atoms with E-state index in [9.17, 15) is 4.79 Å². The summed E-state index contributed by atoms with van der Waals surface area (Å²) in [6.45, 7) is 0. The molecule has 1 aromatic heterocycles. The van der Waals surface area contributed by atoms with Gasteiger partial charge in [0.1, 0.15) is 0 Å². The van der Waals surface area contributed by atoms with Gasteiger partial charge in [-0.15, -0.1) is 0 Å². The summed E-state index contributed by atoms with van der Waals surface area (Å²) in [7, 11) is 0. The van der Waals surface area contributed by atoms with Crippen LogP contribution in [0.5, 0.6) is 0 Å². The second-order valence-electron chi connectivity index (χ2n) is 5.42. The topological polar surface area (TPSA) is 62.2 Å². The fraction of sp³-hybridized carbons (Fsp3) is 0.375. The summed E-state index contributed by atoms with van der Waals surface area (Å²) in [6.07, 6.45) is 5.26. The van der Waals surface area contributed by atoms with Crippen molar-refractivity contribution in [2.45, 2.75) is 31.7 Å². The van der Waals surface area contributed by atoms with E-state index < -0.39 is 5.97 Å². The van der Waals surface area contributed by atoms with Gasteiger partial charge in [0.05, 0.1) is 17.1 Å². The lowest BCUT2D eigenvalue weighted by molar-refractivity contribution is -0.142. The second-order valence-corrected chi connectivity index (χ2v) is 5.42. The number of para-hydroxylation sites is 1. The Balaban J connectivity index is 1.81. The smallest absolute Gasteiger partial charge is 0.306 e. The van der Waals surface area contributed by atoms with Gasteiger partial charge < -0.3 is 10.4 Å². The number of carboxylic acids is 1. The van der Waals surface area contributed by atoms with Crippen LogP contribution in [-0.2, 0) is 4.79 Å². The molecular weight excluding hydrogens is 252 g/mol. The molecule has 1 saturated carbocycles. The Hall–Kier alpha value is -2.10. The van der Waals surface area contributed by atoms with Crippen molar-refractivity contribution < 1.29 is 9.90 Å². The number of nitrogens with one attached hydrogen (secondary N) is 1. The van der Waals surface area contributed by atoms with Gasteiger partial charge in [0.2, 0.25) is 0 Å². The van der Waals surface area contributed by atoms with E-state index in [-0.39, 0.29) is 12.0 Å². The van der Waals surface area contributed by atoms with E-state index >= 15 is 0 Å². The van der Waals surface area contributed by atoms with E-state index in [1.54, 1.807) is 6.20 Å². The first-order valence-electron chi connectivity index (χ1n) is 7.07. The van der Waals surface area contributed by atoms with E-state index in [0.717, 1.165) is 35.9 Å². The molecule has 20 heavy (non-hydrogen) atoms. The first-order chi connectivity index (χ1) is 9.74. The maximum Gasteiger partial charge on any atom is 0.306 e. The molecule has 2 aromatic rings. The largest absolute Gasteiger partial charge is 0.481 e. The molecule has 104 valence electrons. The summed E-state index contributed by atoms with van der Waals surface area (Å²) in [5, 5.41) is 13.7. The number of pyridine rings is 1. The zero-order chi connectivity index (χ0) is 13.9. The number of fused-ring (bicyclic) bond motifs is 1. The monoisotopic (exact) mass is 270 g/mol. The molecular formula is C16H18N2O2. The van der Waals surface area contributed by atoms with Gasteiger partial charge in [-0.3, -0.25) is 9.78 Å². The molecule has 1 aliphatic rings. The molecule has 4 nitrogen and oxygen atoms in total. The Morgan fingerprint density at radius 3 is 2.95 bits per heavy atom. The fourth-order valence-corrected chi connectivity index (χ4v) is 2.99. The molecule has 0 spiro atoms. The average molecular weight is 270 g/mol. The number of rotatable bonds is 3. The predicted molar refractivity (Wildman–Crippen MR) is 78.7 cm³/mol. The Morgan fingerprint density at radius 2 is 2.10 bits per heavy atom. The van der Waals surface area contributed by atoms with Crippen molar-refractivity contribution in [1.82, 2.24) is 4.98 Å². The van der Waals surface area contributed by atoms with Crippen LogP contribution in [0.25, 0.3) is 10.9 Å². The minimum absolute atomic E-state index is 0.218. The summed E-state index contributed by atoms with van der Waals surface area (Å²) in [5.41, 5.74) is 1.95. The van der Waals surface area contributed by atoms with Crippen molar-refractivity contribution in [2.24, 2.45) is 5.92 Å². The van der Waals surface area contributed by atoms with Gasteiger partial charge in [0.25, 0.3) is 0 Å². The number of benzene rings is 1. The van der Waals surface area contributed by atoms with Crippen LogP contribution in [0.4, 0.5) is 5.69 Å². The molecule has 3 rings (SSSR count). The molecule has 2 N–H and O–H groups in total. The third kappa shape index (κ3) is 2.59.